The zero-order chi connectivity index (χ0) is 23.3. The standard InChI is InChI=1S/C24H28N4O4/c1-4-24(17-10-6-5-7-11-17)22(31)28(23(32)27-24)15-20(29)26-19-13-9-8-12-18(19)21(30)25-14-16(2)3/h5-13,16H,4,14-15H2,1-3H3,(H,25,30)(H,26,29)(H,27,32). The molecule has 5 amide bonds. The van der Waals surface area contributed by atoms with Gasteiger partial charge in [0.05, 0.1) is 11.3 Å². The molecule has 8 nitrogen and oxygen atoms in total. The third-order valence-electron chi connectivity index (χ3n) is 5.39. The van der Waals surface area contributed by atoms with Crippen LogP contribution in [0, 0.1) is 5.92 Å². The Hall–Kier alpha value is -3.68. The molecule has 168 valence electrons. The van der Waals surface area contributed by atoms with Crippen molar-refractivity contribution < 1.29 is 19.2 Å². The quantitative estimate of drug-likeness (QED) is 0.553. The van der Waals surface area contributed by atoms with Crippen LogP contribution in [-0.2, 0) is 15.1 Å². The summed E-state index contributed by atoms with van der Waals surface area (Å²) in [4.78, 5) is 51.9. The van der Waals surface area contributed by atoms with E-state index in [1.165, 1.54) is 0 Å². The molecule has 1 aliphatic rings. The molecule has 0 bridgehead atoms. The number of nitrogens with zero attached hydrogens (tertiary/aromatic N) is 1. The molecule has 32 heavy (non-hydrogen) atoms. The van der Waals surface area contributed by atoms with Crippen molar-refractivity contribution in [1.29, 1.82) is 0 Å². The highest BCUT2D eigenvalue weighted by Gasteiger charge is 2.51. The summed E-state index contributed by atoms with van der Waals surface area (Å²) in [6.07, 6.45) is 0.346. The monoisotopic (exact) mass is 436 g/mol. The average molecular weight is 437 g/mol. The lowest BCUT2D eigenvalue weighted by atomic mass is 9.87. The Kier molecular flexibility index (Phi) is 6.92. The number of carbonyl (C=O) groups is 4. The molecular formula is C24H28N4O4. The number of para-hydroxylation sites is 1. The van der Waals surface area contributed by atoms with Gasteiger partial charge in [-0.3, -0.25) is 19.3 Å². The summed E-state index contributed by atoms with van der Waals surface area (Å²) in [5, 5.41) is 8.23. The smallest absolute Gasteiger partial charge is 0.325 e. The largest absolute Gasteiger partial charge is 0.352 e. The van der Waals surface area contributed by atoms with Crippen molar-refractivity contribution in [2.45, 2.75) is 32.7 Å². The molecule has 3 N–H and O–H groups in total. The molecular weight excluding hydrogens is 408 g/mol. The molecule has 2 aromatic rings. The van der Waals surface area contributed by atoms with Crippen LogP contribution in [0.1, 0.15) is 43.1 Å². The second-order valence-corrected chi connectivity index (χ2v) is 8.14. The van der Waals surface area contributed by atoms with E-state index in [2.05, 4.69) is 16.0 Å². The number of hydrogen-bond donors (Lipinski definition) is 3. The zero-order valence-corrected chi connectivity index (χ0v) is 18.5. The van der Waals surface area contributed by atoms with E-state index in [0.717, 1.165) is 4.90 Å². The van der Waals surface area contributed by atoms with Crippen LogP contribution in [-0.4, -0.2) is 41.7 Å². The van der Waals surface area contributed by atoms with E-state index in [4.69, 9.17) is 0 Å². The normalized spacial score (nSPS) is 17.9. The molecule has 0 aromatic heterocycles. The molecule has 1 heterocycles. The number of imide groups is 1. The number of benzene rings is 2. The lowest BCUT2D eigenvalue weighted by molar-refractivity contribution is -0.134. The first kappa shape index (κ1) is 23.0. The minimum atomic E-state index is -1.20. The summed E-state index contributed by atoms with van der Waals surface area (Å²) in [6, 6.07) is 14.9. The maximum absolute atomic E-state index is 13.2. The van der Waals surface area contributed by atoms with Gasteiger partial charge in [-0.25, -0.2) is 4.79 Å². The predicted octanol–water partition coefficient (Wildman–Crippen LogP) is 2.87. The Labute approximate surface area is 187 Å². The molecule has 1 atom stereocenters. The fourth-order valence-electron chi connectivity index (χ4n) is 3.65. The van der Waals surface area contributed by atoms with Gasteiger partial charge in [0.1, 0.15) is 12.1 Å². The van der Waals surface area contributed by atoms with Gasteiger partial charge in [-0.2, -0.15) is 0 Å². The molecule has 2 aromatic carbocycles. The Morgan fingerprint density at radius 1 is 1.03 bits per heavy atom. The highest BCUT2D eigenvalue weighted by atomic mass is 16.2. The topological polar surface area (TPSA) is 108 Å². The summed E-state index contributed by atoms with van der Waals surface area (Å²) >= 11 is 0. The van der Waals surface area contributed by atoms with E-state index in [1.54, 1.807) is 55.5 Å². The Morgan fingerprint density at radius 2 is 1.69 bits per heavy atom. The molecule has 0 spiro atoms. The molecule has 1 fully saturated rings. The number of hydrogen-bond acceptors (Lipinski definition) is 4. The van der Waals surface area contributed by atoms with Gasteiger partial charge in [0.15, 0.2) is 0 Å². The molecule has 3 rings (SSSR count). The van der Waals surface area contributed by atoms with E-state index in [0.29, 0.717) is 29.8 Å². The molecule has 1 unspecified atom stereocenters. The second kappa shape index (κ2) is 9.64. The van der Waals surface area contributed by atoms with Gasteiger partial charge in [0.25, 0.3) is 11.8 Å². The van der Waals surface area contributed by atoms with E-state index < -0.39 is 29.9 Å². The Bertz CT molecular complexity index is 1020. The van der Waals surface area contributed by atoms with Crippen LogP contribution < -0.4 is 16.0 Å². The molecule has 0 aliphatic carbocycles. The minimum absolute atomic E-state index is 0.281. The molecule has 1 saturated heterocycles. The van der Waals surface area contributed by atoms with Crippen LogP contribution in [0.15, 0.2) is 54.6 Å². The maximum atomic E-state index is 13.2. The van der Waals surface area contributed by atoms with Crippen molar-refractivity contribution in [2.75, 3.05) is 18.4 Å². The van der Waals surface area contributed by atoms with Gasteiger partial charge in [-0.05, 0) is 30.0 Å². The second-order valence-electron chi connectivity index (χ2n) is 8.14. The first-order valence-corrected chi connectivity index (χ1v) is 10.6. The molecule has 1 aliphatic heterocycles. The van der Waals surface area contributed by atoms with Crippen LogP contribution >= 0.6 is 0 Å². The highest BCUT2D eigenvalue weighted by Crippen LogP contribution is 2.32. The summed E-state index contributed by atoms with van der Waals surface area (Å²) < 4.78 is 0. The maximum Gasteiger partial charge on any atom is 0.325 e. The van der Waals surface area contributed by atoms with E-state index in [1.807, 2.05) is 19.9 Å². The van der Waals surface area contributed by atoms with Gasteiger partial charge >= 0.3 is 6.03 Å². The lowest BCUT2D eigenvalue weighted by Crippen LogP contribution is -2.44. The van der Waals surface area contributed by atoms with E-state index in [9.17, 15) is 19.2 Å². The van der Waals surface area contributed by atoms with Crippen molar-refractivity contribution in [2.24, 2.45) is 5.92 Å². The fourth-order valence-corrected chi connectivity index (χ4v) is 3.65. The number of rotatable bonds is 8. The third kappa shape index (κ3) is 4.64. The van der Waals surface area contributed by atoms with Crippen molar-refractivity contribution in [3.63, 3.8) is 0 Å². The number of urea groups is 1. The van der Waals surface area contributed by atoms with Gasteiger partial charge < -0.3 is 16.0 Å². The number of carbonyl (C=O) groups excluding carboxylic acids is 4. The highest BCUT2D eigenvalue weighted by molar-refractivity contribution is 6.11. The summed E-state index contributed by atoms with van der Waals surface area (Å²) in [6.45, 7) is 5.82. The van der Waals surface area contributed by atoms with Crippen LogP contribution in [0.4, 0.5) is 10.5 Å². The van der Waals surface area contributed by atoms with Gasteiger partial charge in [-0.15, -0.1) is 0 Å². The van der Waals surface area contributed by atoms with Crippen LogP contribution in [0.5, 0.6) is 0 Å². The zero-order valence-electron chi connectivity index (χ0n) is 18.5. The first-order valence-electron chi connectivity index (χ1n) is 10.6. The van der Waals surface area contributed by atoms with E-state index in [-0.39, 0.29) is 11.8 Å². The summed E-state index contributed by atoms with van der Waals surface area (Å²) in [5.41, 5.74) is 0.0882. The lowest BCUT2D eigenvalue weighted by Gasteiger charge is -2.25. The Morgan fingerprint density at radius 3 is 2.34 bits per heavy atom. The molecule has 0 saturated carbocycles. The Balaban J connectivity index is 1.74. The van der Waals surface area contributed by atoms with Crippen LogP contribution in [0.3, 0.4) is 0 Å². The van der Waals surface area contributed by atoms with Crippen molar-refractivity contribution in [1.82, 2.24) is 15.5 Å². The minimum Gasteiger partial charge on any atom is -0.352 e. The van der Waals surface area contributed by atoms with Crippen LogP contribution in [0.25, 0.3) is 0 Å². The van der Waals surface area contributed by atoms with Crippen LogP contribution in [0.2, 0.25) is 0 Å². The number of anilines is 1. The summed E-state index contributed by atoms with van der Waals surface area (Å²) in [7, 11) is 0. The number of nitrogens with one attached hydrogen (secondary N) is 3. The van der Waals surface area contributed by atoms with Crippen molar-refractivity contribution in [3.8, 4) is 0 Å². The predicted molar refractivity (Wildman–Crippen MR) is 121 cm³/mol. The van der Waals surface area contributed by atoms with Gasteiger partial charge in [0, 0.05) is 6.54 Å². The first-order chi connectivity index (χ1) is 15.3. The summed E-state index contributed by atoms with van der Waals surface area (Å²) in [5.74, 6) is -1.07. The number of amides is 5. The van der Waals surface area contributed by atoms with E-state index >= 15 is 0 Å². The fraction of sp³-hybridized carbons (Fsp3) is 0.333. The van der Waals surface area contributed by atoms with Gasteiger partial charge in [0.2, 0.25) is 5.91 Å². The van der Waals surface area contributed by atoms with Crippen molar-refractivity contribution >= 4 is 29.4 Å². The average Bonchev–Trinajstić information content (AvgIpc) is 3.03. The van der Waals surface area contributed by atoms with Crippen molar-refractivity contribution in [3.05, 3.63) is 65.7 Å². The molecule has 0 radical (unpaired) electrons. The van der Waals surface area contributed by atoms with Gasteiger partial charge in [-0.1, -0.05) is 63.2 Å². The SMILES string of the molecule is CCC1(c2ccccc2)NC(=O)N(CC(=O)Nc2ccccc2C(=O)NCC(C)C)C1=O. The molecule has 8 heteroatoms. The third-order valence-corrected chi connectivity index (χ3v) is 5.39.